The first-order chi connectivity index (χ1) is 7.34. The molecular weight excluding hydrogens is 193 g/mol. The maximum atomic E-state index is 12.8. The molecule has 1 aromatic carbocycles. The predicted molar refractivity (Wildman–Crippen MR) is 53.8 cm³/mol. The van der Waals surface area contributed by atoms with Gasteiger partial charge in [-0.05, 0) is 17.7 Å². The van der Waals surface area contributed by atoms with Crippen molar-refractivity contribution in [3.63, 3.8) is 0 Å². The molecular formula is C12H9FNO. The van der Waals surface area contributed by atoms with Gasteiger partial charge in [0, 0.05) is 12.3 Å². The number of hydrogen-bond donors (Lipinski definition) is 0. The van der Waals surface area contributed by atoms with Gasteiger partial charge in [-0.3, -0.25) is 0 Å². The van der Waals surface area contributed by atoms with Gasteiger partial charge in [0.15, 0.2) is 0 Å². The fourth-order valence-electron chi connectivity index (χ4n) is 1.14. The second-order valence-electron chi connectivity index (χ2n) is 3.01. The quantitative estimate of drug-likeness (QED) is 0.763. The Hall–Kier alpha value is -1.90. The zero-order valence-electron chi connectivity index (χ0n) is 7.98. The van der Waals surface area contributed by atoms with Crippen LogP contribution in [0.3, 0.4) is 0 Å². The Bertz CT molecular complexity index is 431. The highest BCUT2D eigenvalue weighted by atomic mass is 19.1. The van der Waals surface area contributed by atoms with Crippen molar-refractivity contribution in [1.82, 2.24) is 4.98 Å². The number of hydrogen-bond acceptors (Lipinski definition) is 2. The standard InChI is InChI=1S/C12H9FNO/c13-11-6-7-14-12(8-11)15-9-10-4-2-1-3-5-10/h2-8H,9H2. The summed E-state index contributed by atoms with van der Waals surface area (Å²) in [5.41, 5.74) is 1.000. The van der Waals surface area contributed by atoms with Crippen molar-refractivity contribution in [2.75, 3.05) is 0 Å². The Balaban J connectivity index is 1.99. The molecule has 0 atom stereocenters. The molecule has 0 bridgehead atoms. The summed E-state index contributed by atoms with van der Waals surface area (Å²) in [6.07, 6.45) is 1.38. The van der Waals surface area contributed by atoms with Crippen LogP contribution >= 0.6 is 0 Å². The smallest absolute Gasteiger partial charge is 0.216 e. The minimum Gasteiger partial charge on any atom is -0.473 e. The molecule has 15 heavy (non-hydrogen) atoms. The summed E-state index contributed by atoms with van der Waals surface area (Å²) in [5.74, 6) is -0.0516. The first-order valence-corrected chi connectivity index (χ1v) is 4.54. The van der Waals surface area contributed by atoms with Crippen molar-refractivity contribution in [1.29, 1.82) is 0 Å². The van der Waals surface area contributed by atoms with Crippen molar-refractivity contribution in [3.05, 3.63) is 60.0 Å². The highest BCUT2D eigenvalue weighted by Gasteiger charge is 1.97. The van der Waals surface area contributed by atoms with Crippen LogP contribution in [0.5, 0.6) is 5.88 Å². The molecule has 0 unspecified atom stereocenters. The molecule has 0 amide bonds. The zero-order chi connectivity index (χ0) is 10.5. The van der Waals surface area contributed by atoms with Gasteiger partial charge in [0.1, 0.15) is 12.4 Å². The van der Waals surface area contributed by atoms with Gasteiger partial charge < -0.3 is 4.74 Å². The van der Waals surface area contributed by atoms with Crippen molar-refractivity contribution >= 4 is 0 Å². The summed E-state index contributed by atoms with van der Waals surface area (Å²) in [6, 6.07) is 12.8. The van der Waals surface area contributed by atoms with Crippen LogP contribution in [0.15, 0.2) is 42.6 Å². The first-order valence-electron chi connectivity index (χ1n) is 4.54. The largest absolute Gasteiger partial charge is 0.473 e. The number of halogens is 1. The van der Waals surface area contributed by atoms with Crippen LogP contribution in [0.2, 0.25) is 0 Å². The van der Waals surface area contributed by atoms with Crippen LogP contribution in [-0.2, 0) is 6.61 Å². The lowest BCUT2D eigenvalue weighted by atomic mass is 10.2. The summed E-state index contributed by atoms with van der Waals surface area (Å²) in [6.45, 7) is 0.380. The van der Waals surface area contributed by atoms with E-state index in [1.165, 1.54) is 18.3 Å². The second kappa shape index (κ2) is 4.55. The topological polar surface area (TPSA) is 22.1 Å². The summed E-state index contributed by atoms with van der Waals surface area (Å²) in [4.78, 5) is 3.88. The van der Waals surface area contributed by atoms with Gasteiger partial charge in [-0.1, -0.05) is 24.3 Å². The minimum atomic E-state index is -0.346. The van der Waals surface area contributed by atoms with Crippen LogP contribution < -0.4 is 4.74 Å². The third kappa shape index (κ3) is 2.77. The molecule has 0 spiro atoms. The lowest BCUT2D eigenvalue weighted by Crippen LogP contribution is -1.97. The van der Waals surface area contributed by atoms with E-state index in [1.54, 1.807) is 12.1 Å². The van der Waals surface area contributed by atoms with Crippen molar-refractivity contribution in [2.24, 2.45) is 0 Å². The van der Waals surface area contributed by atoms with Gasteiger partial charge in [0.2, 0.25) is 5.88 Å². The molecule has 0 N–H and O–H groups in total. The molecule has 2 rings (SSSR count). The molecule has 1 aromatic heterocycles. The third-order valence-electron chi connectivity index (χ3n) is 1.87. The maximum Gasteiger partial charge on any atom is 0.216 e. The van der Waals surface area contributed by atoms with Gasteiger partial charge in [-0.25, -0.2) is 9.37 Å². The normalized spacial score (nSPS) is 9.93. The number of rotatable bonds is 3. The molecule has 0 aliphatic heterocycles. The van der Waals surface area contributed by atoms with Gasteiger partial charge in [0.05, 0.1) is 0 Å². The second-order valence-corrected chi connectivity index (χ2v) is 3.01. The first kappa shape index (κ1) is 9.65. The summed E-state index contributed by atoms with van der Waals surface area (Å²) >= 11 is 0. The van der Waals surface area contributed by atoms with E-state index in [0.29, 0.717) is 12.5 Å². The number of nitrogens with zero attached hydrogens (tertiary/aromatic N) is 1. The lowest BCUT2D eigenvalue weighted by molar-refractivity contribution is 0.292. The molecule has 0 aliphatic rings. The number of aromatic nitrogens is 1. The van der Waals surface area contributed by atoms with Crippen molar-refractivity contribution in [2.45, 2.75) is 6.61 Å². The minimum absolute atomic E-state index is 0.294. The third-order valence-corrected chi connectivity index (χ3v) is 1.87. The SMILES string of the molecule is Fc1ccnc(OCc2cc[c]cc2)c1. The average Bonchev–Trinajstić information content (AvgIpc) is 2.28. The molecule has 0 fully saturated rings. The van der Waals surface area contributed by atoms with Crippen LogP contribution in [0.25, 0.3) is 0 Å². The van der Waals surface area contributed by atoms with Gasteiger partial charge in [-0.15, -0.1) is 0 Å². The fraction of sp³-hybridized carbons (Fsp3) is 0.0833. The molecule has 1 heterocycles. The van der Waals surface area contributed by atoms with E-state index in [9.17, 15) is 4.39 Å². The van der Waals surface area contributed by atoms with E-state index in [0.717, 1.165) is 5.56 Å². The number of pyridine rings is 1. The average molecular weight is 202 g/mol. The molecule has 0 aliphatic carbocycles. The van der Waals surface area contributed by atoms with E-state index in [1.807, 2.05) is 12.1 Å². The van der Waals surface area contributed by atoms with Crippen molar-refractivity contribution in [3.8, 4) is 5.88 Å². The zero-order valence-corrected chi connectivity index (χ0v) is 7.98. The van der Waals surface area contributed by atoms with Gasteiger partial charge in [-0.2, -0.15) is 0 Å². The van der Waals surface area contributed by atoms with E-state index >= 15 is 0 Å². The van der Waals surface area contributed by atoms with Gasteiger partial charge in [0.25, 0.3) is 0 Å². The molecule has 2 nitrogen and oxygen atoms in total. The summed E-state index contributed by atoms with van der Waals surface area (Å²) < 4.78 is 18.1. The molecule has 75 valence electrons. The Morgan fingerprint density at radius 1 is 1.27 bits per heavy atom. The highest BCUT2D eigenvalue weighted by Crippen LogP contribution is 2.10. The van der Waals surface area contributed by atoms with Crippen LogP contribution in [0, 0.1) is 11.9 Å². The highest BCUT2D eigenvalue weighted by molar-refractivity contribution is 5.15. The summed E-state index contributed by atoms with van der Waals surface area (Å²) in [7, 11) is 0. The lowest BCUT2D eigenvalue weighted by Gasteiger charge is -2.04. The van der Waals surface area contributed by atoms with E-state index in [4.69, 9.17) is 4.74 Å². The molecule has 2 aromatic rings. The molecule has 3 heteroatoms. The van der Waals surface area contributed by atoms with Gasteiger partial charge >= 0.3 is 0 Å². The van der Waals surface area contributed by atoms with Crippen LogP contribution in [-0.4, -0.2) is 4.98 Å². The van der Waals surface area contributed by atoms with E-state index < -0.39 is 0 Å². The molecule has 1 radical (unpaired) electrons. The van der Waals surface area contributed by atoms with E-state index in [-0.39, 0.29) is 5.82 Å². The predicted octanol–water partition coefficient (Wildman–Crippen LogP) is 2.60. The molecule has 0 saturated carbocycles. The Labute approximate surface area is 87.4 Å². The van der Waals surface area contributed by atoms with E-state index in [2.05, 4.69) is 11.1 Å². The monoisotopic (exact) mass is 202 g/mol. The Morgan fingerprint density at radius 3 is 2.80 bits per heavy atom. The molecule has 0 saturated heterocycles. The number of ether oxygens (including phenoxy) is 1. The Kier molecular flexibility index (Phi) is 2.93. The number of benzene rings is 1. The van der Waals surface area contributed by atoms with Crippen molar-refractivity contribution < 1.29 is 9.13 Å². The maximum absolute atomic E-state index is 12.8. The fourth-order valence-corrected chi connectivity index (χ4v) is 1.14. The Morgan fingerprint density at radius 2 is 2.07 bits per heavy atom. The van der Waals surface area contributed by atoms with Crippen LogP contribution in [0.4, 0.5) is 4.39 Å². The van der Waals surface area contributed by atoms with Crippen LogP contribution in [0.1, 0.15) is 5.56 Å². The summed E-state index contributed by atoms with van der Waals surface area (Å²) in [5, 5.41) is 0.